The highest BCUT2D eigenvalue weighted by Gasteiger charge is 2.49. The molecule has 0 bridgehead atoms. The van der Waals surface area contributed by atoms with E-state index < -0.39 is 11.6 Å². The van der Waals surface area contributed by atoms with Crippen LogP contribution >= 0.6 is 34.8 Å². The lowest BCUT2D eigenvalue weighted by molar-refractivity contribution is -0.151. The Balaban J connectivity index is 1.90. The number of ether oxygens (including phenoxy) is 1. The molecule has 1 aliphatic carbocycles. The first kappa shape index (κ1) is 29.6. The Morgan fingerprint density at radius 2 is 1.57 bits per heavy atom. The summed E-state index contributed by atoms with van der Waals surface area (Å²) in [6.07, 6.45) is 1.91. The van der Waals surface area contributed by atoms with Gasteiger partial charge in [0.15, 0.2) is 6.10 Å². The number of anilines is 1. The molecule has 2 aromatic rings. The Labute approximate surface area is 235 Å². The number of benzene rings is 2. The monoisotopic (exact) mass is 566 g/mol. The molecule has 37 heavy (non-hydrogen) atoms. The number of amides is 2. The summed E-state index contributed by atoms with van der Waals surface area (Å²) >= 11 is 18.4. The van der Waals surface area contributed by atoms with Crippen molar-refractivity contribution >= 4 is 52.3 Å². The van der Waals surface area contributed by atoms with E-state index in [1.54, 1.807) is 18.9 Å². The van der Waals surface area contributed by atoms with Crippen molar-refractivity contribution in [2.75, 3.05) is 12.4 Å². The maximum atomic E-state index is 14.0. The van der Waals surface area contributed by atoms with E-state index >= 15 is 0 Å². The molecular formula is C29H37Cl3N2O3. The minimum absolute atomic E-state index is 0.124. The fraction of sp³-hybridized carbons (Fsp3) is 0.517. The van der Waals surface area contributed by atoms with E-state index in [4.69, 9.17) is 39.5 Å². The van der Waals surface area contributed by atoms with E-state index in [1.165, 1.54) is 12.1 Å². The zero-order valence-corrected chi connectivity index (χ0v) is 24.9. The molecule has 2 amide bonds. The van der Waals surface area contributed by atoms with Crippen LogP contribution in [0.2, 0.25) is 15.1 Å². The second-order valence-electron chi connectivity index (χ2n) is 11.2. The van der Waals surface area contributed by atoms with Crippen LogP contribution in [0.1, 0.15) is 64.5 Å². The van der Waals surface area contributed by atoms with Gasteiger partial charge in [0.25, 0.3) is 5.91 Å². The predicted octanol–water partition coefficient (Wildman–Crippen LogP) is 8.10. The van der Waals surface area contributed by atoms with Gasteiger partial charge < -0.3 is 15.0 Å². The van der Waals surface area contributed by atoms with Crippen molar-refractivity contribution in [3.05, 3.63) is 56.5 Å². The standard InChI is InChI=1S/C29H37Cl3N2O3/c1-17-9-8-10-18(2)25(17)33-27(36)29(13-11-20(12-14-29)28(4,5)6)34(7)26(35)19(3)37-24-16-22(31)21(30)15-23(24)32/h8-10,15-16,19-20H,11-14H2,1-7H3,(H,33,36)/t19-,20?,29?/m0/s1. The molecule has 0 aliphatic heterocycles. The number of likely N-dealkylation sites (N-methyl/N-ethyl adjacent to an activating group) is 1. The lowest BCUT2D eigenvalue weighted by Gasteiger charge is -2.48. The highest BCUT2D eigenvalue weighted by atomic mass is 35.5. The van der Waals surface area contributed by atoms with E-state index in [9.17, 15) is 9.59 Å². The third kappa shape index (κ3) is 6.38. The number of nitrogens with one attached hydrogen (secondary N) is 1. The van der Waals surface area contributed by atoms with Crippen molar-refractivity contribution in [2.45, 2.75) is 78.9 Å². The van der Waals surface area contributed by atoms with Crippen molar-refractivity contribution in [3.63, 3.8) is 0 Å². The van der Waals surface area contributed by atoms with Gasteiger partial charge in [-0.1, -0.05) is 73.8 Å². The molecule has 8 heteroatoms. The maximum Gasteiger partial charge on any atom is 0.263 e. The van der Waals surface area contributed by atoms with Crippen LogP contribution in [0.25, 0.3) is 0 Å². The Morgan fingerprint density at radius 1 is 1.03 bits per heavy atom. The van der Waals surface area contributed by atoms with Gasteiger partial charge in [-0.15, -0.1) is 0 Å². The van der Waals surface area contributed by atoms with Gasteiger partial charge in [0.2, 0.25) is 5.91 Å². The summed E-state index contributed by atoms with van der Waals surface area (Å²) in [4.78, 5) is 29.3. The molecule has 0 heterocycles. The zero-order valence-electron chi connectivity index (χ0n) is 22.7. The van der Waals surface area contributed by atoms with Crippen LogP contribution in [0, 0.1) is 25.2 Å². The molecule has 1 atom stereocenters. The molecule has 5 nitrogen and oxygen atoms in total. The molecule has 202 valence electrons. The summed E-state index contributed by atoms with van der Waals surface area (Å²) < 4.78 is 5.91. The summed E-state index contributed by atoms with van der Waals surface area (Å²) in [6, 6.07) is 8.88. The van der Waals surface area contributed by atoms with Gasteiger partial charge >= 0.3 is 0 Å². The van der Waals surface area contributed by atoms with Crippen molar-refractivity contribution in [3.8, 4) is 5.75 Å². The number of carbonyl (C=O) groups excluding carboxylic acids is 2. The first-order valence-corrected chi connectivity index (χ1v) is 13.8. The van der Waals surface area contributed by atoms with Gasteiger partial charge in [0.1, 0.15) is 11.3 Å². The van der Waals surface area contributed by atoms with Gasteiger partial charge in [-0.05, 0) is 75.0 Å². The van der Waals surface area contributed by atoms with E-state index in [-0.39, 0.29) is 33.0 Å². The second kappa shape index (κ2) is 11.4. The number of hydrogen-bond donors (Lipinski definition) is 1. The number of para-hydroxylation sites is 1. The largest absolute Gasteiger partial charge is 0.479 e. The Bertz CT molecular complexity index is 1150. The summed E-state index contributed by atoms with van der Waals surface area (Å²) in [6.45, 7) is 12.3. The lowest BCUT2D eigenvalue weighted by atomic mass is 9.66. The lowest BCUT2D eigenvalue weighted by Crippen LogP contribution is -2.61. The molecule has 0 unspecified atom stereocenters. The van der Waals surface area contributed by atoms with Crippen LogP contribution in [0.4, 0.5) is 5.69 Å². The summed E-state index contributed by atoms with van der Waals surface area (Å²) in [7, 11) is 1.69. The minimum atomic E-state index is -1.01. The van der Waals surface area contributed by atoms with Gasteiger partial charge in [-0.25, -0.2) is 0 Å². The van der Waals surface area contributed by atoms with Gasteiger partial charge in [-0.2, -0.15) is 0 Å². The quantitative estimate of drug-likeness (QED) is 0.359. The van der Waals surface area contributed by atoms with Crippen LogP contribution in [-0.2, 0) is 9.59 Å². The number of rotatable bonds is 6. The summed E-state index contributed by atoms with van der Waals surface area (Å²) in [5, 5.41) is 3.99. The van der Waals surface area contributed by atoms with E-state index in [1.807, 2.05) is 32.0 Å². The van der Waals surface area contributed by atoms with Gasteiger partial charge in [-0.3, -0.25) is 9.59 Å². The predicted molar refractivity (Wildman–Crippen MR) is 153 cm³/mol. The van der Waals surface area contributed by atoms with Crippen molar-refractivity contribution in [1.29, 1.82) is 0 Å². The molecule has 0 aromatic heterocycles. The molecule has 1 saturated carbocycles. The number of carbonyl (C=O) groups is 2. The summed E-state index contributed by atoms with van der Waals surface area (Å²) in [5.41, 5.74) is 1.86. The van der Waals surface area contributed by atoms with Crippen molar-refractivity contribution in [1.82, 2.24) is 4.90 Å². The average molecular weight is 568 g/mol. The number of halogens is 3. The Kier molecular flexibility index (Phi) is 9.14. The molecule has 0 saturated heterocycles. The second-order valence-corrected chi connectivity index (χ2v) is 12.5. The molecule has 1 fully saturated rings. The molecule has 1 N–H and O–H groups in total. The fourth-order valence-corrected chi connectivity index (χ4v) is 5.82. The van der Waals surface area contributed by atoms with Crippen LogP contribution in [0.15, 0.2) is 30.3 Å². The van der Waals surface area contributed by atoms with Gasteiger partial charge in [0.05, 0.1) is 15.1 Å². The Morgan fingerprint density at radius 3 is 2.11 bits per heavy atom. The molecular weight excluding hydrogens is 531 g/mol. The molecule has 0 spiro atoms. The topological polar surface area (TPSA) is 58.6 Å². The fourth-order valence-electron chi connectivity index (χ4n) is 5.24. The molecule has 1 aliphatic rings. The zero-order chi connectivity index (χ0) is 27.7. The van der Waals surface area contributed by atoms with E-state index in [2.05, 4.69) is 26.1 Å². The number of nitrogens with zero attached hydrogens (tertiary/aromatic N) is 1. The minimum Gasteiger partial charge on any atom is -0.479 e. The van der Waals surface area contributed by atoms with Crippen molar-refractivity contribution in [2.24, 2.45) is 11.3 Å². The van der Waals surface area contributed by atoms with Crippen molar-refractivity contribution < 1.29 is 14.3 Å². The first-order valence-electron chi connectivity index (χ1n) is 12.6. The highest BCUT2D eigenvalue weighted by Crippen LogP contribution is 2.44. The maximum absolute atomic E-state index is 14.0. The molecule has 2 aromatic carbocycles. The van der Waals surface area contributed by atoms with Crippen LogP contribution in [0.3, 0.4) is 0 Å². The third-order valence-electron chi connectivity index (χ3n) is 7.78. The highest BCUT2D eigenvalue weighted by molar-refractivity contribution is 6.43. The normalized spacial score (nSPS) is 20.8. The smallest absolute Gasteiger partial charge is 0.263 e. The number of aryl methyl sites for hydroxylation is 2. The van der Waals surface area contributed by atoms with Crippen LogP contribution in [0.5, 0.6) is 5.75 Å². The average Bonchev–Trinajstić information content (AvgIpc) is 2.83. The summed E-state index contributed by atoms with van der Waals surface area (Å²) in [5.74, 6) is 0.234. The first-order chi connectivity index (χ1) is 17.2. The SMILES string of the molecule is Cc1cccc(C)c1NC(=O)C1(N(C)C(=O)[C@H](C)Oc2cc(Cl)c(Cl)cc2Cl)CCC(C(C)(C)C)CC1. The van der Waals surface area contributed by atoms with E-state index in [0.29, 0.717) is 23.8 Å². The third-order valence-corrected chi connectivity index (χ3v) is 8.80. The van der Waals surface area contributed by atoms with E-state index in [0.717, 1.165) is 29.7 Å². The van der Waals surface area contributed by atoms with Gasteiger partial charge in [0, 0.05) is 18.8 Å². The van der Waals surface area contributed by atoms with Crippen LogP contribution in [-0.4, -0.2) is 35.4 Å². The molecule has 0 radical (unpaired) electrons. The molecule has 3 rings (SSSR count). The number of hydrogen-bond acceptors (Lipinski definition) is 3. The Hall–Kier alpha value is -1.95. The van der Waals surface area contributed by atoms with Crippen LogP contribution < -0.4 is 10.1 Å².